The molecule has 1 rings (SSSR count). The number of phenolic OH excluding ortho intramolecular Hbond substituents is 1. The predicted molar refractivity (Wildman–Crippen MR) is 74.3 cm³/mol. The van der Waals surface area contributed by atoms with Crippen molar-refractivity contribution in [3.63, 3.8) is 0 Å². The van der Waals surface area contributed by atoms with Crippen LogP contribution in [0.4, 0.5) is 0 Å². The molecule has 0 heterocycles. The lowest BCUT2D eigenvalue weighted by Crippen LogP contribution is -2.28. The highest BCUT2D eigenvalue weighted by atomic mass is 28.3. The fourth-order valence-corrected chi connectivity index (χ4v) is 4.74. The Hall–Kier alpha value is -1.02. The highest BCUT2D eigenvalue weighted by Gasteiger charge is 2.22. The van der Waals surface area contributed by atoms with E-state index in [-0.39, 0.29) is 0 Å². The minimum Gasteiger partial charge on any atom is -0.507 e. The SMILES string of the molecule is CC[Si](/C=C/c1ccccc1O)(CC)CC. The Kier molecular flexibility index (Phi) is 4.81. The highest BCUT2D eigenvalue weighted by molar-refractivity contribution is 6.84. The van der Waals surface area contributed by atoms with Gasteiger partial charge in [0, 0.05) is 5.56 Å². The van der Waals surface area contributed by atoms with Gasteiger partial charge in [0.1, 0.15) is 5.75 Å². The van der Waals surface area contributed by atoms with Crippen LogP contribution >= 0.6 is 0 Å². The van der Waals surface area contributed by atoms with E-state index < -0.39 is 8.07 Å². The molecule has 2 heteroatoms. The third-order valence-corrected chi connectivity index (χ3v) is 8.76. The van der Waals surface area contributed by atoms with E-state index in [1.165, 1.54) is 18.1 Å². The van der Waals surface area contributed by atoms with Crippen LogP contribution in [-0.4, -0.2) is 13.2 Å². The van der Waals surface area contributed by atoms with E-state index in [2.05, 4.69) is 32.5 Å². The second-order valence-electron chi connectivity index (χ2n) is 4.32. The van der Waals surface area contributed by atoms with Gasteiger partial charge in [-0.05, 0) is 6.07 Å². The predicted octanol–water partition coefficient (Wildman–Crippen LogP) is 4.45. The quantitative estimate of drug-likeness (QED) is 0.746. The van der Waals surface area contributed by atoms with Gasteiger partial charge in [0.2, 0.25) is 0 Å². The number of hydrogen-bond donors (Lipinski definition) is 1. The number of rotatable bonds is 5. The molecule has 1 aromatic rings. The summed E-state index contributed by atoms with van der Waals surface area (Å²) in [6.45, 7) is 6.86. The van der Waals surface area contributed by atoms with Gasteiger partial charge in [0.15, 0.2) is 0 Å². The van der Waals surface area contributed by atoms with Crippen LogP contribution in [0.5, 0.6) is 5.75 Å². The largest absolute Gasteiger partial charge is 0.507 e. The average molecular weight is 234 g/mol. The van der Waals surface area contributed by atoms with Gasteiger partial charge in [-0.1, -0.05) is 68.9 Å². The lowest BCUT2D eigenvalue weighted by atomic mass is 10.2. The summed E-state index contributed by atoms with van der Waals surface area (Å²) in [5, 5.41) is 9.69. The summed E-state index contributed by atoms with van der Waals surface area (Å²) in [5.74, 6) is 0.380. The molecule has 0 saturated carbocycles. The maximum absolute atomic E-state index is 9.69. The van der Waals surface area contributed by atoms with Crippen LogP contribution < -0.4 is 0 Å². The van der Waals surface area contributed by atoms with Crippen molar-refractivity contribution in [1.29, 1.82) is 0 Å². The molecule has 0 bridgehead atoms. The molecule has 0 spiro atoms. The van der Waals surface area contributed by atoms with Crippen LogP contribution in [-0.2, 0) is 0 Å². The molecule has 0 aliphatic carbocycles. The molecule has 16 heavy (non-hydrogen) atoms. The first kappa shape index (κ1) is 13.0. The summed E-state index contributed by atoms with van der Waals surface area (Å²) in [4.78, 5) is 0. The maximum Gasteiger partial charge on any atom is 0.122 e. The van der Waals surface area contributed by atoms with Crippen LogP contribution in [0, 0.1) is 0 Å². The number of para-hydroxylation sites is 1. The monoisotopic (exact) mass is 234 g/mol. The first-order valence-corrected chi connectivity index (χ1v) is 8.84. The van der Waals surface area contributed by atoms with Crippen molar-refractivity contribution >= 4 is 14.1 Å². The lowest BCUT2D eigenvalue weighted by molar-refractivity contribution is 0.474. The number of hydrogen-bond acceptors (Lipinski definition) is 1. The van der Waals surface area contributed by atoms with Gasteiger partial charge in [0.05, 0.1) is 8.07 Å². The summed E-state index contributed by atoms with van der Waals surface area (Å²) in [6, 6.07) is 11.4. The zero-order valence-electron chi connectivity index (χ0n) is 10.5. The van der Waals surface area contributed by atoms with E-state index in [0.29, 0.717) is 5.75 Å². The van der Waals surface area contributed by atoms with E-state index in [4.69, 9.17) is 0 Å². The Labute approximate surface area is 99.8 Å². The molecule has 0 amide bonds. The first-order chi connectivity index (χ1) is 7.67. The van der Waals surface area contributed by atoms with Crippen LogP contribution in [0.1, 0.15) is 26.3 Å². The molecule has 0 saturated heterocycles. The van der Waals surface area contributed by atoms with Crippen LogP contribution in [0.2, 0.25) is 18.1 Å². The third kappa shape index (κ3) is 2.98. The Morgan fingerprint density at radius 2 is 1.62 bits per heavy atom. The van der Waals surface area contributed by atoms with E-state index in [9.17, 15) is 5.11 Å². The zero-order chi connectivity index (χ0) is 12.0. The summed E-state index contributed by atoms with van der Waals surface area (Å²) in [6.07, 6.45) is 2.11. The van der Waals surface area contributed by atoms with Crippen molar-refractivity contribution in [1.82, 2.24) is 0 Å². The number of benzene rings is 1. The summed E-state index contributed by atoms with van der Waals surface area (Å²) in [5.41, 5.74) is 3.33. The molecule has 1 aromatic carbocycles. The van der Waals surface area contributed by atoms with E-state index >= 15 is 0 Å². The van der Waals surface area contributed by atoms with Crippen LogP contribution in [0.3, 0.4) is 0 Å². The van der Waals surface area contributed by atoms with Crippen molar-refractivity contribution in [2.24, 2.45) is 0 Å². The summed E-state index contributed by atoms with van der Waals surface area (Å²) < 4.78 is 0. The molecule has 0 radical (unpaired) electrons. The minimum absolute atomic E-state index is 0.380. The zero-order valence-corrected chi connectivity index (χ0v) is 11.5. The Morgan fingerprint density at radius 1 is 1.06 bits per heavy atom. The molecule has 0 aliphatic rings. The molecule has 0 fully saturated rings. The molecule has 1 nitrogen and oxygen atoms in total. The van der Waals surface area contributed by atoms with Crippen molar-refractivity contribution in [3.8, 4) is 5.75 Å². The van der Waals surface area contributed by atoms with Crippen molar-refractivity contribution in [2.45, 2.75) is 38.9 Å². The summed E-state index contributed by atoms with van der Waals surface area (Å²) in [7, 11) is -1.21. The summed E-state index contributed by atoms with van der Waals surface area (Å²) >= 11 is 0. The molecule has 0 atom stereocenters. The van der Waals surface area contributed by atoms with Gasteiger partial charge in [-0.15, -0.1) is 0 Å². The van der Waals surface area contributed by atoms with Gasteiger partial charge in [-0.25, -0.2) is 0 Å². The standard InChI is InChI=1S/C14H22OSi/c1-4-16(5-2,6-3)12-11-13-9-7-8-10-14(13)15/h7-12,15H,4-6H2,1-3H3/b12-11+. The van der Waals surface area contributed by atoms with Gasteiger partial charge in [-0.3, -0.25) is 0 Å². The van der Waals surface area contributed by atoms with E-state index in [0.717, 1.165) is 5.56 Å². The molecule has 0 aliphatic heterocycles. The van der Waals surface area contributed by atoms with E-state index in [1.807, 2.05) is 18.2 Å². The van der Waals surface area contributed by atoms with E-state index in [1.54, 1.807) is 6.07 Å². The van der Waals surface area contributed by atoms with Crippen LogP contribution in [0.25, 0.3) is 6.08 Å². The van der Waals surface area contributed by atoms with Crippen LogP contribution in [0.15, 0.2) is 30.0 Å². The highest BCUT2D eigenvalue weighted by Crippen LogP contribution is 2.24. The molecular formula is C14H22OSi. The Bertz CT molecular complexity index is 345. The third-order valence-electron chi connectivity index (χ3n) is 3.67. The maximum atomic E-state index is 9.69. The Morgan fingerprint density at radius 3 is 2.12 bits per heavy atom. The lowest BCUT2D eigenvalue weighted by Gasteiger charge is -2.23. The number of phenols is 1. The molecule has 0 unspecified atom stereocenters. The molecule has 0 aromatic heterocycles. The van der Waals surface area contributed by atoms with Gasteiger partial charge in [-0.2, -0.15) is 0 Å². The van der Waals surface area contributed by atoms with Crippen molar-refractivity contribution < 1.29 is 5.11 Å². The molecular weight excluding hydrogens is 212 g/mol. The van der Waals surface area contributed by atoms with Crippen molar-refractivity contribution in [3.05, 3.63) is 35.5 Å². The molecule has 88 valence electrons. The smallest absolute Gasteiger partial charge is 0.122 e. The van der Waals surface area contributed by atoms with Gasteiger partial charge >= 0.3 is 0 Å². The van der Waals surface area contributed by atoms with Crippen molar-refractivity contribution in [2.75, 3.05) is 0 Å². The fourth-order valence-electron chi connectivity index (χ4n) is 2.00. The molecule has 1 N–H and O–H groups in total. The van der Waals surface area contributed by atoms with Gasteiger partial charge in [0.25, 0.3) is 0 Å². The first-order valence-electron chi connectivity index (χ1n) is 6.14. The second kappa shape index (κ2) is 5.90. The average Bonchev–Trinajstić information content (AvgIpc) is 2.34. The Balaban J connectivity index is 2.91. The van der Waals surface area contributed by atoms with Gasteiger partial charge < -0.3 is 5.11 Å². The second-order valence-corrected chi connectivity index (χ2v) is 9.49. The fraction of sp³-hybridized carbons (Fsp3) is 0.429. The topological polar surface area (TPSA) is 20.2 Å². The minimum atomic E-state index is -1.21. The number of aromatic hydroxyl groups is 1. The normalized spacial score (nSPS) is 12.2.